The highest BCUT2D eigenvalue weighted by molar-refractivity contribution is 5.49. The van der Waals surface area contributed by atoms with Crippen LogP contribution in [0.2, 0.25) is 0 Å². The van der Waals surface area contributed by atoms with Crippen molar-refractivity contribution < 1.29 is 4.74 Å². The van der Waals surface area contributed by atoms with Crippen molar-refractivity contribution in [1.29, 1.82) is 0 Å². The predicted molar refractivity (Wildman–Crippen MR) is 47.7 cm³/mol. The molecule has 3 aliphatic rings. The number of hydrogen-bond acceptors (Lipinski definition) is 1. The van der Waals surface area contributed by atoms with E-state index in [9.17, 15) is 0 Å². The standard InChI is InChI=1S/C11H10O/c1-2-6-11-7-9(8-12-11)4-5-10(11)3-1/h1-6H,7-8H2. The minimum Gasteiger partial charge on any atom is -0.361 e. The molecule has 1 atom stereocenters. The van der Waals surface area contributed by atoms with E-state index in [0.717, 1.165) is 13.0 Å². The molecular formula is C11H10O. The van der Waals surface area contributed by atoms with Crippen molar-refractivity contribution >= 4 is 0 Å². The molecule has 0 amide bonds. The molecule has 1 unspecified atom stereocenters. The minimum absolute atomic E-state index is 0.0845. The van der Waals surface area contributed by atoms with Crippen LogP contribution in [0.15, 0.2) is 47.6 Å². The number of ether oxygens (including phenoxy) is 1. The summed E-state index contributed by atoms with van der Waals surface area (Å²) in [7, 11) is 0. The first-order chi connectivity index (χ1) is 5.89. The predicted octanol–water partition coefficient (Wildman–Crippen LogP) is 2.14. The third-order valence-corrected chi connectivity index (χ3v) is 2.74. The maximum absolute atomic E-state index is 5.79. The first kappa shape index (κ1) is 6.44. The van der Waals surface area contributed by atoms with E-state index in [1.54, 1.807) is 0 Å². The zero-order chi connectivity index (χ0) is 8.02. The molecular weight excluding hydrogens is 148 g/mol. The van der Waals surface area contributed by atoms with Crippen LogP contribution in [0, 0.1) is 0 Å². The fourth-order valence-electron chi connectivity index (χ4n) is 2.07. The lowest BCUT2D eigenvalue weighted by Gasteiger charge is -2.28. The van der Waals surface area contributed by atoms with Gasteiger partial charge in [-0.2, -0.15) is 0 Å². The zero-order valence-electron chi connectivity index (χ0n) is 6.79. The Labute approximate surface area is 71.7 Å². The van der Waals surface area contributed by atoms with Gasteiger partial charge in [-0.3, -0.25) is 0 Å². The molecule has 0 aromatic carbocycles. The van der Waals surface area contributed by atoms with Crippen molar-refractivity contribution in [1.82, 2.24) is 0 Å². The van der Waals surface area contributed by atoms with Crippen molar-refractivity contribution in [2.45, 2.75) is 12.0 Å². The summed E-state index contributed by atoms with van der Waals surface area (Å²) in [6, 6.07) is 0. The fraction of sp³-hybridized carbons (Fsp3) is 0.273. The van der Waals surface area contributed by atoms with Crippen molar-refractivity contribution in [3.05, 3.63) is 47.6 Å². The van der Waals surface area contributed by atoms with Gasteiger partial charge in [0.2, 0.25) is 0 Å². The summed E-state index contributed by atoms with van der Waals surface area (Å²) in [5, 5.41) is 0. The first-order valence-corrected chi connectivity index (χ1v) is 4.29. The quantitative estimate of drug-likeness (QED) is 0.524. The molecule has 2 bridgehead atoms. The highest BCUT2D eigenvalue weighted by Crippen LogP contribution is 2.42. The second-order valence-corrected chi connectivity index (χ2v) is 3.52. The number of fused-ring (bicyclic) bond motifs is 1. The van der Waals surface area contributed by atoms with E-state index in [0.29, 0.717) is 0 Å². The van der Waals surface area contributed by atoms with E-state index in [2.05, 4.69) is 36.5 Å². The first-order valence-electron chi connectivity index (χ1n) is 4.29. The van der Waals surface area contributed by atoms with Gasteiger partial charge < -0.3 is 4.74 Å². The highest BCUT2D eigenvalue weighted by Gasteiger charge is 2.40. The molecule has 0 radical (unpaired) electrons. The summed E-state index contributed by atoms with van der Waals surface area (Å²) < 4.78 is 5.79. The van der Waals surface area contributed by atoms with Crippen LogP contribution in [0.4, 0.5) is 0 Å². The van der Waals surface area contributed by atoms with Crippen LogP contribution in [0.25, 0.3) is 0 Å². The van der Waals surface area contributed by atoms with Gasteiger partial charge in [-0.05, 0) is 17.2 Å². The van der Waals surface area contributed by atoms with Crippen LogP contribution in [-0.2, 0) is 4.74 Å². The van der Waals surface area contributed by atoms with E-state index < -0.39 is 0 Å². The molecule has 2 aliphatic carbocycles. The molecule has 1 heteroatoms. The minimum atomic E-state index is -0.0845. The third-order valence-electron chi connectivity index (χ3n) is 2.74. The number of hydrogen-bond donors (Lipinski definition) is 0. The average Bonchev–Trinajstić information content (AvgIpc) is 2.43. The molecule has 12 heavy (non-hydrogen) atoms. The molecule has 3 rings (SSSR count). The summed E-state index contributed by atoms with van der Waals surface area (Å²) in [5.41, 5.74) is 2.63. The highest BCUT2D eigenvalue weighted by atomic mass is 16.5. The lowest BCUT2D eigenvalue weighted by Crippen LogP contribution is -2.28. The van der Waals surface area contributed by atoms with Crippen LogP contribution in [0.1, 0.15) is 6.42 Å². The van der Waals surface area contributed by atoms with Gasteiger partial charge in [0.05, 0.1) is 6.61 Å². The van der Waals surface area contributed by atoms with Gasteiger partial charge in [0.1, 0.15) is 5.60 Å². The van der Waals surface area contributed by atoms with Gasteiger partial charge in [-0.15, -0.1) is 0 Å². The van der Waals surface area contributed by atoms with Crippen LogP contribution in [0.3, 0.4) is 0 Å². The summed E-state index contributed by atoms with van der Waals surface area (Å²) in [6.45, 7) is 0.804. The normalized spacial score (nSPS) is 36.0. The average molecular weight is 158 g/mol. The van der Waals surface area contributed by atoms with Gasteiger partial charge in [0.25, 0.3) is 0 Å². The van der Waals surface area contributed by atoms with Crippen molar-refractivity contribution in [3.63, 3.8) is 0 Å². The molecule has 0 saturated carbocycles. The Morgan fingerprint density at radius 1 is 1.25 bits per heavy atom. The summed E-state index contributed by atoms with van der Waals surface area (Å²) in [4.78, 5) is 0. The van der Waals surface area contributed by atoms with Crippen molar-refractivity contribution in [3.8, 4) is 0 Å². The van der Waals surface area contributed by atoms with Crippen LogP contribution in [0.5, 0.6) is 0 Å². The molecule has 1 nitrogen and oxygen atoms in total. The molecule has 1 spiro atoms. The van der Waals surface area contributed by atoms with E-state index in [-0.39, 0.29) is 5.60 Å². The zero-order valence-corrected chi connectivity index (χ0v) is 6.79. The van der Waals surface area contributed by atoms with E-state index >= 15 is 0 Å². The van der Waals surface area contributed by atoms with Crippen LogP contribution < -0.4 is 0 Å². The van der Waals surface area contributed by atoms with Crippen LogP contribution >= 0.6 is 0 Å². The van der Waals surface area contributed by atoms with Gasteiger partial charge in [-0.1, -0.05) is 30.4 Å². The Morgan fingerprint density at radius 3 is 3.25 bits per heavy atom. The molecule has 1 aliphatic heterocycles. The molecule has 0 aromatic heterocycles. The maximum atomic E-state index is 5.79. The van der Waals surface area contributed by atoms with Gasteiger partial charge in [0.15, 0.2) is 0 Å². The largest absolute Gasteiger partial charge is 0.361 e. The maximum Gasteiger partial charge on any atom is 0.116 e. The molecule has 1 fully saturated rings. The van der Waals surface area contributed by atoms with Gasteiger partial charge in [0, 0.05) is 6.42 Å². The van der Waals surface area contributed by atoms with Crippen molar-refractivity contribution in [2.75, 3.05) is 6.61 Å². The smallest absolute Gasteiger partial charge is 0.116 e. The molecule has 0 N–H and O–H groups in total. The number of rotatable bonds is 0. The van der Waals surface area contributed by atoms with Gasteiger partial charge in [-0.25, -0.2) is 0 Å². The van der Waals surface area contributed by atoms with E-state index in [4.69, 9.17) is 4.74 Å². The number of allylic oxidation sites excluding steroid dienone is 4. The van der Waals surface area contributed by atoms with E-state index in [1.165, 1.54) is 11.1 Å². The summed E-state index contributed by atoms with van der Waals surface area (Å²) >= 11 is 0. The Balaban J connectivity index is 2.18. The summed E-state index contributed by atoms with van der Waals surface area (Å²) in [5.74, 6) is 0. The Morgan fingerprint density at radius 2 is 2.25 bits per heavy atom. The van der Waals surface area contributed by atoms with Gasteiger partial charge >= 0.3 is 0 Å². The Hall–Kier alpha value is -1.08. The second kappa shape index (κ2) is 1.99. The second-order valence-electron chi connectivity index (χ2n) is 3.52. The lowest BCUT2D eigenvalue weighted by atomic mass is 9.82. The van der Waals surface area contributed by atoms with Crippen LogP contribution in [-0.4, -0.2) is 12.2 Å². The fourth-order valence-corrected chi connectivity index (χ4v) is 2.07. The Kier molecular flexibility index (Phi) is 1.07. The Bertz CT molecular complexity index is 344. The van der Waals surface area contributed by atoms with E-state index in [1.807, 2.05) is 0 Å². The molecule has 1 heterocycles. The monoisotopic (exact) mass is 158 g/mol. The SMILES string of the molecule is C1=CC2=CC=C3COC2(C=C1)C3. The topological polar surface area (TPSA) is 9.23 Å². The third kappa shape index (κ3) is 0.669. The van der Waals surface area contributed by atoms with Crippen molar-refractivity contribution in [2.24, 2.45) is 0 Å². The molecule has 1 saturated heterocycles. The summed E-state index contributed by atoms with van der Waals surface area (Å²) in [6.07, 6.45) is 13.9. The lowest BCUT2D eigenvalue weighted by molar-refractivity contribution is 0.0800. The molecule has 0 aromatic rings. The molecule has 60 valence electrons.